The van der Waals surface area contributed by atoms with Crippen molar-refractivity contribution < 1.29 is 4.79 Å². The molecule has 0 aromatic carbocycles. The van der Waals surface area contributed by atoms with Gasteiger partial charge in [-0.1, -0.05) is 5.92 Å². The molecular formula is C11H11BrN4O2. The SMILES string of the molecule is C#CCn1ncc(NC2CNC(=O)C2)c(Br)c1=O. The average Bonchev–Trinajstić information content (AvgIpc) is 2.75. The van der Waals surface area contributed by atoms with Gasteiger partial charge in [-0.05, 0) is 15.9 Å². The van der Waals surface area contributed by atoms with Crippen molar-refractivity contribution in [2.24, 2.45) is 0 Å². The van der Waals surface area contributed by atoms with Crippen molar-refractivity contribution in [3.05, 3.63) is 21.0 Å². The molecule has 1 aliphatic heterocycles. The molecule has 1 unspecified atom stereocenters. The van der Waals surface area contributed by atoms with Crippen LogP contribution in [0.15, 0.2) is 15.5 Å². The van der Waals surface area contributed by atoms with Crippen LogP contribution in [0.25, 0.3) is 0 Å². The van der Waals surface area contributed by atoms with Gasteiger partial charge in [0.05, 0.1) is 17.9 Å². The third-order valence-corrected chi connectivity index (χ3v) is 3.33. The molecule has 0 radical (unpaired) electrons. The molecule has 1 atom stereocenters. The van der Waals surface area contributed by atoms with Gasteiger partial charge in [0.25, 0.3) is 5.56 Å². The monoisotopic (exact) mass is 310 g/mol. The Balaban J connectivity index is 2.20. The zero-order valence-electron chi connectivity index (χ0n) is 9.44. The third kappa shape index (κ3) is 2.54. The van der Waals surface area contributed by atoms with Crippen molar-refractivity contribution >= 4 is 27.5 Å². The summed E-state index contributed by atoms with van der Waals surface area (Å²) in [6, 6.07) is -0.0292. The van der Waals surface area contributed by atoms with Crippen molar-refractivity contribution in [3.8, 4) is 12.3 Å². The van der Waals surface area contributed by atoms with Gasteiger partial charge in [0.15, 0.2) is 0 Å². The van der Waals surface area contributed by atoms with Crippen molar-refractivity contribution in [3.63, 3.8) is 0 Å². The highest BCUT2D eigenvalue weighted by Gasteiger charge is 2.22. The molecule has 1 aliphatic rings. The number of hydrogen-bond donors (Lipinski definition) is 2. The van der Waals surface area contributed by atoms with Crippen LogP contribution in [-0.4, -0.2) is 28.3 Å². The summed E-state index contributed by atoms with van der Waals surface area (Å²) >= 11 is 3.21. The van der Waals surface area contributed by atoms with Crippen LogP contribution in [0.5, 0.6) is 0 Å². The second kappa shape index (κ2) is 5.23. The van der Waals surface area contributed by atoms with Gasteiger partial charge in [-0.25, -0.2) is 4.68 Å². The fourth-order valence-corrected chi connectivity index (χ4v) is 2.11. The Labute approximate surface area is 112 Å². The number of amides is 1. The van der Waals surface area contributed by atoms with E-state index in [1.807, 2.05) is 0 Å². The maximum absolute atomic E-state index is 11.9. The summed E-state index contributed by atoms with van der Waals surface area (Å²) in [6.45, 7) is 0.667. The Morgan fingerprint density at radius 1 is 1.67 bits per heavy atom. The van der Waals surface area contributed by atoms with Crippen LogP contribution in [0.1, 0.15) is 6.42 Å². The summed E-state index contributed by atoms with van der Waals surface area (Å²) in [5, 5.41) is 9.75. The number of carbonyl (C=O) groups excluding carboxylic acids is 1. The highest BCUT2D eigenvalue weighted by molar-refractivity contribution is 9.10. The predicted molar refractivity (Wildman–Crippen MR) is 70.1 cm³/mol. The van der Waals surface area contributed by atoms with Crippen molar-refractivity contribution in [1.82, 2.24) is 15.1 Å². The molecule has 94 valence electrons. The summed E-state index contributed by atoms with van der Waals surface area (Å²) in [6.07, 6.45) is 7.05. The Morgan fingerprint density at radius 3 is 3.06 bits per heavy atom. The zero-order chi connectivity index (χ0) is 13.1. The Kier molecular flexibility index (Phi) is 3.67. The smallest absolute Gasteiger partial charge is 0.284 e. The van der Waals surface area contributed by atoms with Crippen LogP contribution in [0.2, 0.25) is 0 Å². The number of rotatable bonds is 3. The van der Waals surface area contributed by atoms with Gasteiger partial charge >= 0.3 is 0 Å². The van der Waals surface area contributed by atoms with Crippen LogP contribution in [0.3, 0.4) is 0 Å². The van der Waals surface area contributed by atoms with Crippen molar-refractivity contribution in [2.45, 2.75) is 19.0 Å². The molecule has 1 amide bonds. The van der Waals surface area contributed by atoms with E-state index in [2.05, 4.69) is 37.6 Å². The molecule has 0 bridgehead atoms. The molecule has 0 saturated carbocycles. The van der Waals surface area contributed by atoms with Gasteiger partial charge in [0.2, 0.25) is 5.91 Å². The first-order valence-corrected chi connectivity index (χ1v) is 6.13. The molecule has 1 fully saturated rings. The predicted octanol–water partition coefficient (Wildman–Crippen LogP) is -0.0606. The number of aromatic nitrogens is 2. The van der Waals surface area contributed by atoms with Crippen LogP contribution < -0.4 is 16.2 Å². The van der Waals surface area contributed by atoms with Gasteiger partial charge in [0, 0.05) is 13.0 Å². The van der Waals surface area contributed by atoms with Crippen LogP contribution in [0, 0.1) is 12.3 Å². The number of nitrogens with one attached hydrogen (secondary N) is 2. The maximum atomic E-state index is 11.9. The van der Waals surface area contributed by atoms with E-state index in [1.54, 1.807) is 0 Å². The molecule has 1 aromatic heterocycles. The summed E-state index contributed by atoms with van der Waals surface area (Å²) in [5.41, 5.74) is 0.269. The van der Waals surface area contributed by atoms with Crippen LogP contribution in [-0.2, 0) is 11.3 Å². The highest BCUT2D eigenvalue weighted by Crippen LogP contribution is 2.18. The summed E-state index contributed by atoms with van der Waals surface area (Å²) in [7, 11) is 0. The van der Waals surface area contributed by atoms with E-state index < -0.39 is 0 Å². The van der Waals surface area contributed by atoms with E-state index in [0.29, 0.717) is 23.1 Å². The summed E-state index contributed by atoms with van der Waals surface area (Å²) in [4.78, 5) is 22.9. The first kappa shape index (κ1) is 12.6. The lowest BCUT2D eigenvalue weighted by atomic mass is 10.2. The summed E-state index contributed by atoms with van der Waals surface area (Å²) in [5.74, 6) is 2.35. The van der Waals surface area contributed by atoms with E-state index in [9.17, 15) is 9.59 Å². The number of anilines is 1. The first-order valence-electron chi connectivity index (χ1n) is 5.34. The topological polar surface area (TPSA) is 76.0 Å². The molecule has 0 aliphatic carbocycles. The number of carbonyl (C=O) groups is 1. The molecule has 6 nitrogen and oxygen atoms in total. The molecule has 1 saturated heterocycles. The van der Waals surface area contributed by atoms with Gasteiger partial charge in [-0.3, -0.25) is 9.59 Å². The van der Waals surface area contributed by atoms with Gasteiger partial charge in [-0.2, -0.15) is 5.10 Å². The number of hydrogen-bond acceptors (Lipinski definition) is 4. The maximum Gasteiger partial charge on any atom is 0.284 e. The van der Waals surface area contributed by atoms with Crippen LogP contribution >= 0.6 is 15.9 Å². The lowest BCUT2D eigenvalue weighted by molar-refractivity contribution is -0.119. The Hall–Kier alpha value is -1.81. The molecule has 2 N–H and O–H groups in total. The third-order valence-electron chi connectivity index (χ3n) is 2.56. The van der Waals surface area contributed by atoms with E-state index in [-0.39, 0.29) is 24.1 Å². The minimum Gasteiger partial charge on any atom is -0.378 e. The second-order valence-corrected chi connectivity index (χ2v) is 4.68. The number of nitrogens with zero attached hydrogens (tertiary/aromatic N) is 2. The number of terminal acetylenes is 1. The molecule has 7 heteroatoms. The largest absolute Gasteiger partial charge is 0.378 e. The van der Waals surface area contributed by atoms with E-state index in [1.165, 1.54) is 10.9 Å². The minimum absolute atomic E-state index is 0.00254. The van der Waals surface area contributed by atoms with Gasteiger partial charge in [-0.15, -0.1) is 6.42 Å². The van der Waals surface area contributed by atoms with E-state index in [0.717, 1.165) is 0 Å². The number of halogens is 1. The van der Waals surface area contributed by atoms with Crippen molar-refractivity contribution in [2.75, 3.05) is 11.9 Å². The normalized spacial score (nSPS) is 18.2. The molecular weight excluding hydrogens is 300 g/mol. The zero-order valence-corrected chi connectivity index (χ0v) is 11.0. The van der Waals surface area contributed by atoms with Gasteiger partial charge < -0.3 is 10.6 Å². The lowest BCUT2D eigenvalue weighted by Crippen LogP contribution is -2.27. The molecule has 2 rings (SSSR count). The molecule has 18 heavy (non-hydrogen) atoms. The van der Waals surface area contributed by atoms with Crippen molar-refractivity contribution in [1.29, 1.82) is 0 Å². The Bertz CT molecular complexity index is 575. The molecule has 1 aromatic rings. The highest BCUT2D eigenvalue weighted by atomic mass is 79.9. The van der Waals surface area contributed by atoms with Crippen LogP contribution in [0.4, 0.5) is 5.69 Å². The minimum atomic E-state index is -0.296. The first-order chi connectivity index (χ1) is 8.61. The second-order valence-electron chi connectivity index (χ2n) is 3.89. The van der Waals surface area contributed by atoms with E-state index in [4.69, 9.17) is 6.42 Å². The summed E-state index contributed by atoms with van der Waals surface area (Å²) < 4.78 is 1.56. The van der Waals surface area contributed by atoms with E-state index >= 15 is 0 Å². The standard InChI is InChI=1S/C11H11BrN4O2/c1-2-3-16-11(18)10(12)8(6-14-16)15-7-4-9(17)13-5-7/h1,6-7,15H,3-5H2,(H,13,17). The average molecular weight is 311 g/mol. The lowest BCUT2D eigenvalue weighted by Gasteiger charge is -2.13. The fraction of sp³-hybridized carbons (Fsp3) is 0.364. The fourth-order valence-electron chi connectivity index (χ4n) is 1.69. The molecule has 2 heterocycles. The quantitative estimate of drug-likeness (QED) is 0.767. The molecule has 0 spiro atoms. The van der Waals surface area contributed by atoms with Gasteiger partial charge in [0.1, 0.15) is 11.0 Å². The Morgan fingerprint density at radius 2 is 2.44 bits per heavy atom.